The summed E-state index contributed by atoms with van der Waals surface area (Å²) in [4.78, 5) is 12.8. The highest BCUT2D eigenvalue weighted by molar-refractivity contribution is 6.30. The van der Waals surface area contributed by atoms with Gasteiger partial charge in [-0.2, -0.15) is 0 Å². The van der Waals surface area contributed by atoms with Crippen LogP contribution in [0.25, 0.3) is 11.5 Å². The number of amides is 1. The number of benzene rings is 3. The van der Waals surface area contributed by atoms with Crippen molar-refractivity contribution in [3.05, 3.63) is 101 Å². The molecule has 1 N–H and O–H groups in total. The van der Waals surface area contributed by atoms with Crippen LogP contribution in [0.15, 0.2) is 83.3 Å². The Morgan fingerprint density at radius 2 is 1.71 bits per heavy atom. The van der Waals surface area contributed by atoms with Gasteiger partial charge < -0.3 is 14.5 Å². The van der Waals surface area contributed by atoms with Crippen LogP contribution in [0, 0.1) is 0 Å². The van der Waals surface area contributed by atoms with E-state index in [2.05, 4.69) is 15.5 Å². The van der Waals surface area contributed by atoms with Gasteiger partial charge in [-0.3, -0.25) is 4.79 Å². The van der Waals surface area contributed by atoms with Crippen molar-refractivity contribution in [1.29, 1.82) is 0 Å². The lowest BCUT2D eigenvalue weighted by atomic mass is 10.1. The van der Waals surface area contributed by atoms with E-state index in [0.717, 1.165) is 22.4 Å². The van der Waals surface area contributed by atoms with E-state index in [9.17, 15) is 4.79 Å². The highest BCUT2D eigenvalue weighted by Crippen LogP contribution is 2.26. The van der Waals surface area contributed by atoms with Crippen LogP contribution in [0.1, 0.15) is 23.1 Å². The molecule has 0 fully saturated rings. The minimum absolute atomic E-state index is 0.162. The quantitative estimate of drug-likeness (QED) is 0.451. The summed E-state index contributed by atoms with van der Waals surface area (Å²) in [6, 6.07) is 23.5. The second-order valence-corrected chi connectivity index (χ2v) is 7.32. The Hall–Kier alpha value is -3.64. The van der Waals surface area contributed by atoms with Crippen molar-refractivity contribution in [1.82, 2.24) is 15.5 Å². The largest absolute Gasteiger partial charge is 0.497 e. The van der Waals surface area contributed by atoms with Crippen LogP contribution < -0.4 is 10.1 Å². The van der Waals surface area contributed by atoms with E-state index < -0.39 is 6.04 Å². The average molecular weight is 434 g/mol. The Kier molecular flexibility index (Phi) is 6.29. The molecule has 0 radical (unpaired) electrons. The van der Waals surface area contributed by atoms with Gasteiger partial charge in [-0.25, -0.2) is 0 Å². The highest BCUT2D eigenvalue weighted by atomic mass is 35.5. The van der Waals surface area contributed by atoms with E-state index in [4.69, 9.17) is 20.8 Å². The van der Waals surface area contributed by atoms with Crippen molar-refractivity contribution in [3.63, 3.8) is 0 Å². The number of hydrogen-bond donors (Lipinski definition) is 1. The topological polar surface area (TPSA) is 77.2 Å². The van der Waals surface area contributed by atoms with Crippen LogP contribution in [0.5, 0.6) is 5.75 Å². The number of methoxy groups -OCH3 is 1. The Labute approximate surface area is 184 Å². The van der Waals surface area contributed by atoms with Crippen LogP contribution in [0.3, 0.4) is 0 Å². The Morgan fingerprint density at radius 1 is 1.00 bits per heavy atom. The van der Waals surface area contributed by atoms with Crippen molar-refractivity contribution in [2.75, 3.05) is 7.11 Å². The summed E-state index contributed by atoms with van der Waals surface area (Å²) in [5, 5.41) is 12.0. The van der Waals surface area contributed by atoms with Crippen molar-refractivity contribution in [2.24, 2.45) is 0 Å². The molecule has 0 aliphatic rings. The summed E-state index contributed by atoms with van der Waals surface area (Å²) < 4.78 is 11.1. The molecular formula is C24H20ClN3O3. The number of nitrogens with zero attached hydrogens (tertiary/aromatic N) is 2. The first-order chi connectivity index (χ1) is 15.1. The molecule has 0 bridgehead atoms. The van der Waals surface area contributed by atoms with Gasteiger partial charge in [0, 0.05) is 10.6 Å². The zero-order valence-corrected chi connectivity index (χ0v) is 17.5. The third-order valence-corrected chi connectivity index (χ3v) is 4.99. The molecule has 1 aromatic heterocycles. The maximum Gasteiger partial charge on any atom is 0.247 e. The normalized spacial score (nSPS) is 11.7. The first-order valence-corrected chi connectivity index (χ1v) is 10.1. The van der Waals surface area contributed by atoms with Crippen LogP contribution in [-0.2, 0) is 11.2 Å². The van der Waals surface area contributed by atoms with Gasteiger partial charge >= 0.3 is 0 Å². The molecule has 0 saturated heterocycles. The van der Waals surface area contributed by atoms with E-state index in [1.807, 2.05) is 54.6 Å². The minimum Gasteiger partial charge on any atom is -0.497 e. The van der Waals surface area contributed by atoms with E-state index in [1.165, 1.54) is 0 Å². The molecular weight excluding hydrogens is 414 g/mol. The number of ether oxygens (including phenoxy) is 1. The van der Waals surface area contributed by atoms with Crippen molar-refractivity contribution in [2.45, 2.75) is 12.5 Å². The van der Waals surface area contributed by atoms with Gasteiger partial charge in [0.15, 0.2) is 0 Å². The number of halogens is 1. The predicted molar refractivity (Wildman–Crippen MR) is 118 cm³/mol. The minimum atomic E-state index is -0.569. The molecule has 0 aliphatic carbocycles. The molecule has 0 saturated carbocycles. The lowest BCUT2D eigenvalue weighted by molar-refractivity contribution is -0.121. The maximum absolute atomic E-state index is 12.8. The van der Waals surface area contributed by atoms with Crippen LogP contribution >= 0.6 is 11.6 Å². The lowest BCUT2D eigenvalue weighted by Gasteiger charge is -2.16. The van der Waals surface area contributed by atoms with Gasteiger partial charge in [0.05, 0.1) is 13.5 Å². The molecule has 1 amide bonds. The molecule has 1 heterocycles. The van der Waals surface area contributed by atoms with E-state index in [-0.39, 0.29) is 12.3 Å². The molecule has 1 unspecified atom stereocenters. The van der Waals surface area contributed by atoms with Crippen molar-refractivity contribution >= 4 is 17.5 Å². The molecule has 0 spiro atoms. The van der Waals surface area contributed by atoms with Gasteiger partial charge in [0.1, 0.15) is 11.8 Å². The Bertz CT molecular complexity index is 1140. The molecule has 1 atom stereocenters. The molecule has 156 valence electrons. The maximum atomic E-state index is 12.8. The average Bonchev–Trinajstić information content (AvgIpc) is 3.29. The Morgan fingerprint density at radius 3 is 2.39 bits per heavy atom. The molecule has 7 heteroatoms. The molecule has 4 aromatic rings. The second-order valence-electron chi connectivity index (χ2n) is 6.89. The van der Waals surface area contributed by atoms with E-state index in [0.29, 0.717) is 16.8 Å². The summed E-state index contributed by atoms with van der Waals surface area (Å²) in [7, 11) is 1.61. The zero-order chi connectivity index (χ0) is 21.6. The van der Waals surface area contributed by atoms with Gasteiger partial charge in [-0.05, 0) is 47.5 Å². The van der Waals surface area contributed by atoms with E-state index in [1.54, 1.807) is 31.4 Å². The Balaban J connectivity index is 1.56. The van der Waals surface area contributed by atoms with Crippen LogP contribution in [0.4, 0.5) is 0 Å². The van der Waals surface area contributed by atoms with Crippen LogP contribution in [0.2, 0.25) is 5.02 Å². The molecule has 6 nitrogen and oxygen atoms in total. The fourth-order valence-electron chi connectivity index (χ4n) is 3.13. The lowest BCUT2D eigenvalue weighted by Crippen LogP contribution is -2.30. The fourth-order valence-corrected chi connectivity index (χ4v) is 3.26. The summed E-state index contributed by atoms with van der Waals surface area (Å²) in [6.07, 6.45) is 0.214. The SMILES string of the molecule is COc1ccc(CC(=O)NC(c2ccccc2)c2nnc(-c3ccc(Cl)cc3)o2)cc1. The van der Waals surface area contributed by atoms with Crippen molar-refractivity contribution < 1.29 is 13.9 Å². The van der Waals surface area contributed by atoms with Gasteiger partial charge in [-0.1, -0.05) is 54.1 Å². The number of rotatable bonds is 7. The highest BCUT2D eigenvalue weighted by Gasteiger charge is 2.23. The summed E-state index contributed by atoms with van der Waals surface area (Å²) >= 11 is 5.95. The van der Waals surface area contributed by atoms with Gasteiger partial charge in [0.2, 0.25) is 17.7 Å². The number of nitrogens with one attached hydrogen (secondary N) is 1. The second kappa shape index (κ2) is 9.45. The van der Waals surface area contributed by atoms with E-state index >= 15 is 0 Å². The molecule has 0 aliphatic heterocycles. The van der Waals surface area contributed by atoms with Gasteiger partial charge in [0.25, 0.3) is 0 Å². The number of aromatic nitrogens is 2. The summed E-state index contributed by atoms with van der Waals surface area (Å²) in [5.74, 6) is 1.24. The zero-order valence-electron chi connectivity index (χ0n) is 16.8. The van der Waals surface area contributed by atoms with Crippen LogP contribution in [-0.4, -0.2) is 23.2 Å². The summed E-state index contributed by atoms with van der Waals surface area (Å²) in [5.41, 5.74) is 2.47. The molecule has 3 aromatic carbocycles. The molecule has 31 heavy (non-hydrogen) atoms. The molecule has 4 rings (SSSR count). The number of carbonyl (C=O) groups excluding carboxylic acids is 1. The third kappa shape index (κ3) is 5.10. The first-order valence-electron chi connectivity index (χ1n) is 9.69. The summed E-state index contributed by atoms with van der Waals surface area (Å²) in [6.45, 7) is 0. The number of carbonyl (C=O) groups is 1. The third-order valence-electron chi connectivity index (χ3n) is 4.74. The smallest absolute Gasteiger partial charge is 0.247 e. The number of hydrogen-bond acceptors (Lipinski definition) is 5. The fraction of sp³-hybridized carbons (Fsp3) is 0.125. The predicted octanol–water partition coefficient (Wildman–Crippen LogP) is 4.85. The van der Waals surface area contributed by atoms with Gasteiger partial charge in [-0.15, -0.1) is 10.2 Å². The standard InChI is InChI=1S/C24H20ClN3O3/c1-30-20-13-7-16(8-14-20)15-21(29)26-22(17-5-3-2-4-6-17)24-28-27-23(31-24)18-9-11-19(25)12-10-18/h2-14,22H,15H2,1H3,(H,26,29). The monoisotopic (exact) mass is 433 g/mol. The first kappa shape index (κ1) is 20.6. The van der Waals surface area contributed by atoms with Crippen molar-refractivity contribution in [3.8, 4) is 17.2 Å².